The lowest BCUT2D eigenvalue weighted by Crippen LogP contribution is -2.43. The second-order valence-corrected chi connectivity index (χ2v) is 7.96. The van der Waals surface area contributed by atoms with Crippen molar-refractivity contribution < 1.29 is 19.5 Å². The van der Waals surface area contributed by atoms with Crippen LogP contribution >= 0.6 is 0 Å². The molecule has 30 heavy (non-hydrogen) atoms. The molecule has 2 atom stereocenters. The van der Waals surface area contributed by atoms with Crippen LogP contribution in [0, 0.1) is 0 Å². The molecule has 1 aliphatic carbocycles. The fraction of sp³-hybridized carbons (Fsp3) is 0.318. The summed E-state index contributed by atoms with van der Waals surface area (Å²) in [4.78, 5) is 35.9. The number of imide groups is 1. The van der Waals surface area contributed by atoms with Gasteiger partial charge in [-0.15, -0.1) is 0 Å². The Hall–Kier alpha value is -3.39. The highest BCUT2D eigenvalue weighted by Gasteiger charge is 2.43. The van der Waals surface area contributed by atoms with Crippen molar-refractivity contribution in [1.29, 1.82) is 0 Å². The highest BCUT2D eigenvalue weighted by Crippen LogP contribution is 2.36. The number of aliphatic hydroxyl groups is 1. The molecule has 0 bridgehead atoms. The van der Waals surface area contributed by atoms with Crippen LogP contribution in [-0.2, 0) is 28.9 Å². The molecule has 1 fully saturated rings. The van der Waals surface area contributed by atoms with E-state index >= 15 is 0 Å². The molecule has 1 saturated heterocycles. The number of hydrogen-bond acceptors (Lipinski definition) is 4. The minimum absolute atomic E-state index is 0.125. The summed E-state index contributed by atoms with van der Waals surface area (Å²) in [5, 5.41) is 21.3. The van der Waals surface area contributed by atoms with Crippen LogP contribution in [-0.4, -0.2) is 29.6 Å². The third-order valence-electron chi connectivity index (χ3n) is 5.87. The Morgan fingerprint density at radius 3 is 2.70 bits per heavy atom. The maximum Gasteiger partial charge on any atom is 0.322 e. The number of carbonyl (C=O) groups is 3. The Morgan fingerprint density at radius 1 is 1.13 bits per heavy atom. The normalized spacial score (nSPS) is 24.7. The lowest BCUT2D eigenvalue weighted by molar-refractivity contribution is -0.123. The number of amides is 5. The Morgan fingerprint density at radius 2 is 1.93 bits per heavy atom. The second kappa shape index (κ2) is 7.46. The summed E-state index contributed by atoms with van der Waals surface area (Å²) in [6.45, 7) is 1.99. The summed E-state index contributed by atoms with van der Waals surface area (Å²) in [5.74, 6) is -0.416. The SMILES string of the molecule is CC1(c2cccc(CNC(=O)NCC3(O)CCc4ccccc43)c2)NC(=O)NC1=O. The Bertz CT molecular complexity index is 1020. The molecule has 2 aliphatic rings. The molecular weight excluding hydrogens is 384 g/mol. The summed E-state index contributed by atoms with van der Waals surface area (Å²) in [5.41, 5.74) is 1.18. The van der Waals surface area contributed by atoms with E-state index < -0.39 is 29.1 Å². The zero-order chi connectivity index (χ0) is 21.4. The molecule has 0 spiro atoms. The molecule has 1 aliphatic heterocycles. The third kappa shape index (κ3) is 3.61. The Balaban J connectivity index is 1.35. The molecule has 2 unspecified atom stereocenters. The molecule has 0 radical (unpaired) electrons. The third-order valence-corrected chi connectivity index (χ3v) is 5.87. The van der Waals surface area contributed by atoms with Crippen molar-refractivity contribution in [3.8, 4) is 0 Å². The summed E-state index contributed by atoms with van der Waals surface area (Å²) in [6, 6.07) is 13.9. The van der Waals surface area contributed by atoms with Crippen LogP contribution in [0.15, 0.2) is 48.5 Å². The molecule has 2 aromatic carbocycles. The van der Waals surface area contributed by atoms with Gasteiger partial charge in [0.1, 0.15) is 11.1 Å². The van der Waals surface area contributed by atoms with E-state index in [1.54, 1.807) is 25.1 Å². The van der Waals surface area contributed by atoms with E-state index in [0.717, 1.165) is 23.1 Å². The van der Waals surface area contributed by atoms with Gasteiger partial charge < -0.3 is 21.1 Å². The monoisotopic (exact) mass is 408 g/mol. The molecule has 5 N–H and O–H groups in total. The van der Waals surface area contributed by atoms with Crippen molar-refractivity contribution in [3.63, 3.8) is 0 Å². The maximum absolute atomic E-state index is 12.3. The number of fused-ring (bicyclic) bond motifs is 1. The molecular formula is C22H24N4O4. The van der Waals surface area contributed by atoms with Gasteiger partial charge in [0.15, 0.2) is 0 Å². The molecule has 4 rings (SSSR count). The van der Waals surface area contributed by atoms with Crippen LogP contribution < -0.4 is 21.3 Å². The minimum atomic E-state index is -1.14. The van der Waals surface area contributed by atoms with E-state index in [0.29, 0.717) is 12.0 Å². The van der Waals surface area contributed by atoms with Crippen molar-refractivity contribution in [1.82, 2.24) is 21.3 Å². The number of hydrogen-bond donors (Lipinski definition) is 5. The number of urea groups is 2. The second-order valence-electron chi connectivity index (χ2n) is 7.96. The largest absolute Gasteiger partial charge is 0.383 e. The average molecular weight is 408 g/mol. The van der Waals surface area contributed by atoms with Gasteiger partial charge in [-0.2, -0.15) is 0 Å². The van der Waals surface area contributed by atoms with Crippen LogP contribution in [0.4, 0.5) is 9.59 Å². The predicted octanol–water partition coefficient (Wildman–Crippen LogP) is 1.37. The van der Waals surface area contributed by atoms with Crippen LogP contribution in [0.5, 0.6) is 0 Å². The molecule has 1 heterocycles. The van der Waals surface area contributed by atoms with Crippen molar-refractivity contribution in [3.05, 3.63) is 70.8 Å². The average Bonchev–Trinajstić information content (AvgIpc) is 3.22. The summed E-state index contributed by atoms with van der Waals surface area (Å²) >= 11 is 0. The zero-order valence-corrected chi connectivity index (χ0v) is 16.6. The van der Waals surface area contributed by atoms with Gasteiger partial charge in [-0.25, -0.2) is 9.59 Å². The molecule has 8 nitrogen and oxygen atoms in total. The number of rotatable bonds is 5. The molecule has 8 heteroatoms. The van der Waals surface area contributed by atoms with Gasteiger partial charge in [-0.1, -0.05) is 48.5 Å². The van der Waals surface area contributed by atoms with Gasteiger partial charge in [0.05, 0.1) is 6.54 Å². The standard InChI is InChI=1S/C22H24N4O4/c1-21(18(27)25-20(29)26-21)16-7-4-5-14(11-16)12-23-19(28)24-13-22(30)10-9-15-6-2-3-8-17(15)22/h2-8,11,30H,9-10,12-13H2,1H3,(H2,23,24,28)(H2,25,26,27,29). The van der Waals surface area contributed by atoms with Crippen molar-refractivity contribution in [2.75, 3.05) is 6.54 Å². The summed E-state index contributed by atoms with van der Waals surface area (Å²) < 4.78 is 0. The molecule has 0 saturated carbocycles. The highest BCUT2D eigenvalue weighted by molar-refractivity contribution is 6.07. The number of carbonyl (C=O) groups excluding carboxylic acids is 3. The minimum Gasteiger partial charge on any atom is -0.383 e. The highest BCUT2D eigenvalue weighted by atomic mass is 16.3. The van der Waals surface area contributed by atoms with E-state index in [4.69, 9.17) is 0 Å². The number of nitrogens with one attached hydrogen (secondary N) is 4. The first-order chi connectivity index (χ1) is 14.3. The Labute approximate surface area is 174 Å². The van der Waals surface area contributed by atoms with Gasteiger partial charge in [-0.3, -0.25) is 10.1 Å². The van der Waals surface area contributed by atoms with Gasteiger partial charge in [0.2, 0.25) is 0 Å². The first-order valence-electron chi connectivity index (χ1n) is 9.86. The van der Waals surface area contributed by atoms with Crippen LogP contribution in [0.1, 0.15) is 35.6 Å². The molecule has 156 valence electrons. The van der Waals surface area contributed by atoms with Gasteiger partial charge >= 0.3 is 12.1 Å². The lowest BCUT2D eigenvalue weighted by atomic mass is 9.91. The van der Waals surface area contributed by atoms with Gasteiger partial charge in [0, 0.05) is 6.54 Å². The molecule has 0 aromatic heterocycles. The molecule has 2 aromatic rings. The zero-order valence-electron chi connectivity index (χ0n) is 16.6. The van der Waals surface area contributed by atoms with E-state index in [2.05, 4.69) is 21.3 Å². The van der Waals surface area contributed by atoms with E-state index in [9.17, 15) is 19.5 Å². The fourth-order valence-electron chi connectivity index (χ4n) is 4.06. The Kier molecular flexibility index (Phi) is 4.95. The van der Waals surface area contributed by atoms with Gasteiger partial charge in [-0.05, 0) is 42.0 Å². The van der Waals surface area contributed by atoms with Gasteiger partial charge in [0.25, 0.3) is 5.91 Å². The first-order valence-corrected chi connectivity index (χ1v) is 9.86. The van der Waals surface area contributed by atoms with E-state index in [1.165, 1.54) is 0 Å². The fourth-order valence-corrected chi connectivity index (χ4v) is 4.06. The predicted molar refractivity (Wildman–Crippen MR) is 109 cm³/mol. The quantitative estimate of drug-likeness (QED) is 0.480. The van der Waals surface area contributed by atoms with E-state index in [1.807, 2.05) is 30.3 Å². The first kappa shape index (κ1) is 19.9. The smallest absolute Gasteiger partial charge is 0.322 e. The van der Waals surface area contributed by atoms with Crippen LogP contribution in [0.2, 0.25) is 0 Å². The van der Waals surface area contributed by atoms with Crippen LogP contribution in [0.25, 0.3) is 0 Å². The topological polar surface area (TPSA) is 120 Å². The van der Waals surface area contributed by atoms with Crippen molar-refractivity contribution in [2.24, 2.45) is 0 Å². The lowest BCUT2D eigenvalue weighted by Gasteiger charge is -2.24. The number of benzene rings is 2. The summed E-state index contributed by atoms with van der Waals surface area (Å²) in [7, 11) is 0. The van der Waals surface area contributed by atoms with Crippen molar-refractivity contribution in [2.45, 2.75) is 37.5 Å². The molecule has 5 amide bonds. The summed E-state index contributed by atoms with van der Waals surface area (Å²) in [6.07, 6.45) is 1.35. The number of aryl methyl sites for hydroxylation is 1. The maximum atomic E-state index is 12.3. The van der Waals surface area contributed by atoms with Crippen LogP contribution in [0.3, 0.4) is 0 Å². The van der Waals surface area contributed by atoms with E-state index in [-0.39, 0.29) is 13.1 Å². The van der Waals surface area contributed by atoms with Crippen molar-refractivity contribution >= 4 is 18.0 Å².